The second-order valence-electron chi connectivity index (χ2n) is 6.76. The van der Waals surface area contributed by atoms with E-state index in [-0.39, 0.29) is 0 Å². The molecule has 22 heavy (non-hydrogen) atoms. The third kappa shape index (κ3) is 2.09. The van der Waals surface area contributed by atoms with Crippen LogP contribution < -0.4 is 9.80 Å². The number of benzene rings is 2. The standard InChI is InChI=1S/C20H26N2/c1-12-8-15(4)16(5)18(9-12)22-17(6)21(7)19-10-13(2)14(3)11-20(19)22/h8-11,17H,1-7H3/t17-/m1/s1. The first-order valence-corrected chi connectivity index (χ1v) is 8.02. The van der Waals surface area contributed by atoms with Crippen LogP contribution in [-0.4, -0.2) is 13.2 Å². The molecular weight excluding hydrogens is 268 g/mol. The lowest BCUT2D eigenvalue weighted by Crippen LogP contribution is -2.36. The molecular formula is C20H26N2. The van der Waals surface area contributed by atoms with Crippen molar-refractivity contribution in [3.63, 3.8) is 0 Å². The maximum atomic E-state index is 2.48. The summed E-state index contributed by atoms with van der Waals surface area (Å²) in [7, 11) is 2.19. The second-order valence-corrected chi connectivity index (χ2v) is 6.76. The van der Waals surface area contributed by atoms with E-state index >= 15 is 0 Å². The van der Waals surface area contributed by atoms with Gasteiger partial charge in [-0.05, 0) is 87.6 Å². The molecule has 2 nitrogen and oxygen atoms in total. The number of hydrogen-bond acceptors (Lipinski definition) is 2. The highest BCUT2D eigenvalue weighted by Crippen LogP contribution is 2.45. The molecule has 0 bridgehead atoms. The fourth-order valence-electron chi connectivity index (χ4n) is 3.44. The van der Waals surface area contributed by atoms with Gasteiger partial charge < -0.3 is 9.80 Å². The zero-order valence-corrected chi connectivity index (χ0v) is 14.8. The van der Waals surface area contributed by atoms with Crippen molar-refractivity contribution in [3.8, 4) is 0 Å². The van der Waals surface area contributed by atoms with E-state index in [2.05, 4.69) is 82.7 Å². The highest BCUT2D eigenvalue weighted by Gasteiger charge is 2.32. The minimum absolute atomic E-state index is 0.330. The quantitative estimate of drug-likeness (QED) is 0.716. The Morgan fingerprint density at radius 3 is 1.95 bits per heavy atom. The van der Waals surface area contributed by atoms with Gasteiger partial charge in [-0.3, -0.25) is 0 Å². The first kappa shape index (κ1) is 15.0. The fraction of sp³-hybridized carbons (Fsp3) is 0.400. The van der Waals surface area contributed by atoms with E-state index in [1.165, 1.54) is 44.9 Å². The monoisotopic (exact) mass is 294 g/mol. The second kappa shape index (κ2) is 5.05. The van der Waals surface area contributed by atoms with Gasteiger partial charge in [-0.1, -0.05) is 6.07 Å². The van der Waals surface area contributed by atoms with Crippen LogP contribution in [-0.2, 0) is 0 Å². The third-order valence-corrected chi connectivity index (χ3v) is 5.21. The zero-order valence-electron chi connectivity index (χ0n) is 14.8. The van der Waals surface area contributed by atoms with E-state index in [9.17, 15) is 0 Å². The molecule has 2 aromatic rings. The van der Waals surface area contributed by atoms with Crippen LogP contribution in [0.3, 0.4) is 0 Å². The molecule has 0 amide bonds. The Bertz CT molecular complexity index is 746. The summed E-state index contributed by atoms with van der Waals surface area (Å²) < 4.78 is 0. The van der Waals surface area contributed by atoms with Gasteiger partial charge in [-0.25, -0.2) is 0 Å². The topological polar surface area (TPSA) is 6.48 Å². The average Bonchev–Trinajstić information content (AvgIpc) is 2.68. The Balaban J connectivity index is 2.24. The van der Waals surface area contributed by atoms with Crippen LogP contribution in [0.15, 0.2) is 24.3 Å². The molecule has 0 N–H and O–H groups in total. The molecule has 116 valence electrons. The van der Waals surface area contributed by atoms with Gasteiger partial charge in [0.25, 0.3) is 0 Å². The number of aryl methyl sites for hydroxylation is 4. The van der Waals surface area contributed by atoms with Crippen molar-refractivity contribution in [1.29, 1.82) is 0 Å². The lowest BCUT2D eigenvalue weighted by atomic mass is 10.0. The summed E-state index contributed by atoms with van der Waals surface area (Å²) in [5, 5.41) is 0. The molecule has 1 aliphatic rings. The maximum absolute atomic E-state index is 2.48. The molecule has 0 fully saturated rings. The Morgan fingerprint density at radius 1 is 0.727 bits per heavy atom. The van der Waals surface area contributed by atoms with Gasteiger partial charge in [0, 0.05) is 12.7 Å². The molecule has 0 aromatic heterocycles. The summed E-state index contributed by atoms with van der Waals surface area (Å²) >= 11 is 0. The van der Waals surface area contributed by atoms with Gasteiger partial charge in [0.2, 0.25) is 0 Å². The Kier molecular flexibility index (Phi) is 3.43. The summed E-state index contributed by atoms with van der Waals surface area (Å²) in [6, 6.07) is 9.24. The number of fused-ring (bicyclic) bond motifs is 1. The summed E-state index contributed by atoms with van der Waals surface area (Å²) in [5.41, 5.74) is 10.8. The minimum Gasteiger partial charge on any atom is -0.353 e. The van der Waals surface area contributed by atoms with Crippen molar-refractivity contribution in [3.05, 3.63) is 52.1 Å². The van der Waals surface area contributed by atoms with E-state index in [0.29, 0.717) is 6.17 Å². The van der Waals surface area contributed by atoms with Gasteiger partial charge in [0.05, 0.1) is 11.4 Å². The highest BCUT2D eigenvalue weighted by molar-refractivity contribution is 5.85. The lowest BCUT2D eigenvalue weighted by Gasteiger charge is -2.30. The maximum Gasteiger partial charge on any atom is 0.103 e. The van der Waals surface area contributed by atoms with Crippen LogP contribution in [0.2, 0.25) is 0 Å². The predicted molar refractivity (Wildman–Crippen MR) is 96.6 cm³/mol. The van der Waals surface area contributed by atoms with E-state index in [4.69, 9.17) is 0 Å². The van der Waals surface area contributed by atoms with Gasteiger partial charge in [-0.2, -0.15) is 0 Å². The smallest absolute Gasteiger partial charge is 0.103 e. The van der Waals surface area contributed by atoms with Crippen LogP contribution in [0.4, 0.5) is 17.1 Å². The molecule has 0 unspecified atom stereocenters. The molecule has 2 aromatic carbocycles. The van der Waals surface area contributed by atoms with Crippen LogP contribution >= 0.6 is 0 Å². The predicted octanol–water partition coefficient (Wildman–Crippen LogP) is 5.16. The van der Waals surface area contributed by atoms with Gasteiger partial charge in [-0.15, -0.1) is 0 Å². The van der Waals surface area contributed by atoms with Crippen LogP contribution in [0.1, 0.15) is 34.7 Å². The van der Waals surface area contributed by atoms with Crippen molar-refractivity contribution in [1.82, 2.24) is 0 Å². The van der Waals surface area contributed by atoms with Crippen molar-refractivity contribution in [2.45, 2.75) is 47.7 Å². The first-order valence-electron chi connectivity index (χ1n) is 8.02. The van der Waals surface area contributed by atoms with E-state index in [0.717, 1.165) is 0 Å². The third-order valence-electron chi connectivity index (χ3n) is 5.21. The van der Waals surface area contributed by atoms with Crippen LogP contribution in [0.25, 0.3) is 0 Å². The van der Waals surface area contributed by atoms with E-state index in [1.807, 2.05) is 0 Å². The summed E-state index contributed by atoms with van der Waals surface area (Å²) in [4.78, 5) is 4.86. The van der Waals surface area contributed by atoms with Crippen molar-refractivity contribution < 1.29 is 0 Å². The molecule has 0 radical (unpaired) electrons. The molecule has 1 heterocycles. The van der Waals surface area contributed by atoms with E-state index in [1.54, 1.807) is 0 Å². The van der Waals surface area contributed by atoms with Crippen LogP contribution in [0.5, 0.6) is 0 Å². The minimum atomic E-state index is 0.330. The number of rotatable bonds is 1. The summed E-state index contributed by atoms with van der Waals surface area (Å²) in [6.45, 7) is 13.3. The number of anilines is 3. The van der Waals surface area contributed by atoms with Crippen molar-refractivity contribution >= 4 is 17.1 Å². The van der Waals surface area contributed by atoms with Gasteiger partial charge in [0.15, 0.2) is 0 Å². The molecule has 2 heteroatoms. The van der Waals surface area contributed by atoms with Crippen LogP contribution in [0, 0.1) is 34.6 Å². The molecule has 0 aliphatic carbocycles. The van der Waals surface area contributed by atoms with Crippen molar-refractivity contribution in [2.75, 3.05) is 16.8 Å². The lowest BCUT2D eigenvalue weighted by molar-refractivity contribution is 0.732. The normalized spacial score (nSPS) is 17.1. The van der Waals surface area contributed by atoms with E-state index < -0.39 is 0 Å². The SMILES string of the molecule is Cc1cc(C)c(C)c(N2c3cc(C)c(C)cc3N(C)[C@H]2C)c1. The fourth-order valence-corrected chi connectivity index (χ4v) is 3.44. The summed E-state index contributed by atoms with van der Waals surface area (Å²) in [6.07, 6.45) is 0.330. The zero-order chi connectivity index (χ0) is 16.2. The number of nitrogens with zero attached hydrogens (tertiary/aromatic N) is 2. The Hall–Kier alpha value is -1.96. The molecule has 0 saturated carbocycles. The van der Waals surface area contributed by atoms with Gasteiger partial charge >= 0.3 is 0 Å². The summed E-state index contributed by atoms with van der Waals surface area (Å²) in [5.74, 6) is 0. The Morgan fingerprint density at radius 2 is 1.32 bits per heavy atom. The molecule has 1 aliphatic heterocycles. The van der Waals surface area contributed by atoms with Crippen molar-refractivity contribution in [2.24, 2.45) is 0 Å². The highest BCUT2D eigenvalue weighted by atomic mass is 15.4. The molecule has 1 atom stereocenters. The molecule has 3 rings (SSSR count). The first-order chi connectivity index (χ1) is 10.3. The number of hydrogen-bond donors (Lipinski definition) is 0. The average molecular weight is 294 g/mol. The molecule has 0 saturated heterocycles. The molecule has 0 spiro atoms. The van der Waals surface area contributed by atoms with Gasteiger partial charge in [0.1, 0.15) is 6.17 Å². The Labute approximate surface area is 134 Å². The largest absolute Gasteiger partial charge is 0.353 e.